The number of thiazole rings is 1. The second-order valence-corrected chi connectivity index (χ2v) is 13.6. The number of carbonyl (C=O) groups excluding carboxylic acids is 2. The molecule has 0 radical (unpaired) electrons. The van der Waals surface area contributed by atoms with Gasteiger partial charge < -0.3 is 10.2 Å². The van der Waals surface area contributed by atoms with Gasteiger partial charge in [-0.15, -0.1) is 11.3 Å². The molecule has 4 aliphatic carbocycles. The van der Waals surface area contributed by atoms with Crippen molar-refractivity contribution in [3.63, 3.8) is 0 Å². The summed E-state index contributed by atoms with van der Waals surface area (Å²) in [6.07, 6.45) is -0.0477. The van der Waals surface area contributed by atoms with E-state index in [4.69, 9.17) is 0 Å². The van der Waals surface area contributed by atoms with Crippen molar-refractivity contribution in [2.45, 2.75) is 70.0 Å². The molecule has 4 aliphatic rings. The Morgan fingerprint density at radius 1 is 1.17 bits per heavy atom. The fourth-order valence-corrected chi connectivity index (χ4v) is 9.34. The van der Waals surface area contributed by atoms with Crippen molar-refractivity contribution < 1.29 is 37.4 Å². The van der Waals surface area contributed by atoms with Gasteiger partial charge in [0.15, 0.2) is 16.6 Å². The average Bonchev–Trinajstić information content (AvgIpc) is 3.47. The minimum absolute atomic E-state index is 0.0204. The average molecular weight is 605 g/mol. The van der Waals surface area contributed by atoms with Gasteiger partial charge in [-0.1, -0.05) is 25.5 Å². The number of hydrogen-bond donors (Lipinski definition) is 3. The molecule has 0 aliphatic heterocycles. The number of aromatic nitrogens is 1. The van der Waals surface area contributed by atoms with Gasteiger partial charge in [0.25, 0.3) is 5.91 Å². The molecule has 0 saturated heterocycles. The lowest BCUT2D eigenvalue weighted by Gasteiger charge is -2.62. The van der Waals surface area contributed by atoms with Crippen LogP contribution in [0.3, 0.4) is 0 Å². The number of amides is 1. The lowest BCUT2D eigenvalue weighted by molar-refractivity contribution is -0.223. The van der Waals surface area contributed by atoms with Crippen LogP contribution in [0.2, 0.25) is 0 Å². The first-order chi connectivity index (χ1) is 19.6. The van der Waals surface area contributed by atoms with E-state index >= 15 is 4.39 Å². The van der Waals surface area contributed by atoms with Crippen LogP contribution < -0.4 is 5.32 Å². The number of aliphatic hydroxyl groups excluding tert-OH is 1. The Kier molecular flexibility index (Phi) is 6.47. The smallest absolute Gasteiger partial charge is 0.390 e. The summed E-state index contributed by atoms with van der Waals surface area (Å²) in [5, 5.41) is 28.4. The fraction of sp³-hybridized carbons (Fsp3) is 0.516. The number of alkyl halides is 4. The Balaban J connectivity index is 1.29. The van der Waals surface area contributed by atoms with Crippen molar-refractivity contribution in [2.24, 2.45) is 28.6 Å². The van der Waals surface area contributed by atoms with Gasteiger partial charge >= 0.3 is 6.18 Å². The highest BCUT2D eigenvalue weighted by atomic mass is 32.1. The number of allylic oxidation sites excluding steroid dienone is 4. The van der Waals surface area contributed by atoms with E-state index in [2.05, 4.69) is 10.3 Å². The van der Waals surface area contributed by atoms with Crippen LogP contribution in [0.15, 0.2) is 53.4 Å². The highest BCUT2D eigenvalue weighted by Gasteiger charge is 2.74. The third-order valence-corrected chi connectivity index (χ3v) is 11.6. The van der Waals surface area contributed by atoms with Crippen molar-refractivity contribution in [1.82, 2.24) is 4.98 Å². The Labute approximate surface area is 244 Å². The molecule has 0 bridgehead atoms. The summed E-state index contributed by atoms with van der Waals surface area (Å²) in [6.45, 7) is 5.50. The third-order valence-electron chi connectivity index (χ3n) is 10.8. The SMILES string of the molecule is C[C@@H]1C[C@H]2[C@@H]3CCC4=CC(=O)C=C[C@]4(C)[C@@]3(F)[C@@H](O)C[C@]2(C)[C@@]1(O)c1csc(NC(=O)c2ccc(C(F)(F)F)cc2)n1. The van der Waals surface area contributed by atoms with Gasteiger partial charge in [0.2, 0.25) is 0 Å². The summed E-state index contributed by atoms with van der Waals surface area (Å²) in [4.78, 5) is 29.3. The van der Waals surface area contributed by atoms with E-state index in [-0.39, 0.29) is 34.7 Å². The van der Waals surface area contributed by atoms with E-state index in [1.54, 1.807) is 18.4 Å². The molecule has 8 atom stereocenters. The summed E-state index contributed by atoms with van der Waals surface area (Å²) < 4.78 is 56.1. The topological polar surface area (TPSA) is 99.5 Å². The Bertz CT molecular complexity index is 1520. The molecule has 3 saturated carbocycles. The minimum Gasteiger partial charge on any atom is -0.390 e. The van der Waals surface area contributed by atoms with E-state index in [0.717, 1.165) is 35.6 Å². The number of rotatable bonds is 3. The van der Waals surface area contributed by atoms with Gasteiger partial charge in [0.05, 0.1) is 17.4 Å². The summed E-state index contributed by atoms with van der Waals surface area (Å²) >= 11 is 1.07. The molecular formula is C31H32F4N2O4S. The first-order valence-corrected chi connectivity index (χ1v) is 14.9. The molecule has 1 aromatic carbocycles. The second-order valence-electron chi connectivity index (χ2n) is 12.7. The molecule has 0 unspecified atom stereocenters. The van der Waals surface area contributed by atoms with Gasteiger partial charge in [-0.3, -0.25) is 14.9 Å². The summed E-state index contributed by atoms with van der Waals surface area (Å²) in [5.41, 5.74) is -5.49. The van der Waals surface area contributed by atoms with Crippen LogP contribution in [0, 0.1) is 28.6 Å². The molecule has 42 heavy (non-hydrogen) atoms. The number of anilines is 1. The lowest BCUT2D eigenvalue weighted by atomic mass is 9.44. The van der Waals surface area contributed by atoms with Crippen LogP contribution in [-0.4, -0.2) is 38.7 Å². The molecule has 1 heterocycles. The first kappa shape index (κ1) is 29.2. The lowest BCUT2D eigenvalue weighted by Crippen LogP contribution is -2.68. The highest BCUT2D eigenvalue weighted by molar-refractivity contribution is 7.14. The zero-order chi connectivity index (χ0) is 30.5. The zero-order valence-electron chi connectivity index (χ0n) is 23.3. The molecule has 3 fully saturated rings. The summed E-state index contributed by atoms with van der Waals surface area (Å²) in [7, 11) is 0. The Hall–Kier alpha value is -2.89. The van der Waals surface area contributed by atoms with E-state index in [0.29, 0.717) is 30.5 Å². The number of aliphatic hydroxyl groups is 2. The number of fused-ring (bicyclic) bond motifs is 5. The van der Waals surface area contributed by atoms with Crippen molar-refractivity contribution in [1.29, 1.82) is 0 Å². The third kappa shape index (κ3) is 3.85. The van der Waals surface area contributed by atoms with Crippen LogP contribution in [0.25, 0.3) is 0 Å². The first-order valence-electron chi connectivity index (χ1n) is 14.0. The standard InChI is InChI=1S/C31H32F4N2O4S/c1-16-12-22-21-9-8-19-13-20(38)10-11-27(19,2)29(21,32)24(39)14-28(22,3)30(16,41)23-15-42-26(36-23)37-25(40)17-4-6-18(7-5-17)31(33,34)35/h4-7,10-11,13,15-16,21-22,24,39,41H,8-9,12,14H2,1-3H3,(H,36,37,40)/t16-,21+,22+,24+,27+,28+,29+,30+/m1/s1. The van der Waals surface area contributed by atoms with E-state index in [1.165, 1.54) is 12.2 Å². The molecule has 0 spiro atoms. The van der Waals surface area contributed by atoms with Crippen molar-refractivity contribution in [2.75, 3.05) is 5.32 Å². The van der Waals surface area contributed by atoms with Crippen LogP contribution in [-0.2, 0) is 16.6 Å². The van der Waals surface area contributed by atoms with Gasteiger partial charge in [-0.05, 0) is 80.9 Å². The predicted octanol–water partition coefficient (Wildman–Crippen LogP) is 6.22. The monoisotopic (exact) mass is 604 g/mol. The number of carbonyl (C=O) groups is 2. The van der Waals surface area contributed by atoms with Gasteiger partial charge in [0.1, 0.15) is 5.60 Å². The normalized spacial score (nSPS) is 39.3. The predicted molar refractivity (Wildman–Crippen MR) is 148 cm³/mol. The van der Waals surface area contributed by atoms with Crippen molar-refractivity contribution in [3.05, 3.63) is 70.3 Å². The van der Waals surface area contributed by atoms with Crippen molar-refractivity contribution in [3.8, 4) is 0 Å². The maximum atomic E-state index is 17.4. The van der Waals surface area contributed by atoms with E-state index < -0.39 is 51.8 Å². The number of nitrogens with one attached hydrogen (secondary N) is 1. The number of benzene rings is 1. The second kappa shape index (κ2) is 9.30. The van der Waals surface area contributed by atoms with Crippen LogP contribution in [0.4, 0.5) is 22.7 Å². The van der Waals surface area contributed by atoms with E-state index in [9.17, 15) is 33.0 Å². The molecule has 6 rings (SSSR count). The molecule has 3 N–H and O–H groups in total. The summed E-state index contributed by atoms with van der Waals surface area (Å²) in [6, 6.07) is 3.83. The van der Waals surface area contributed by atoms with Crippen LogP contribution >= 0.6 is 11.3 Å². The largest absolute Gasteiger partial charge is 0.416 e. The number of hydrogen-bond acceptors (Lipinski definition) is 6. The summed E-state index contributed by atoms with van der Waals surface area (Å²) in [5.74, 6) is -2.04. The van der Waals surface area contributed by atoms with Gasteiger partial charge in [-0.2, -0.15) is 13.2 Å². The molecule has 2 aromatic rings. The maximum Gasteiger partial charge on any atom is 0.416 e. The minimum atomic E-state index is -4.52. The Morgan fingerprint density at radius 2 is 1.86 bits per heavy atom. The molecule has 11 heteroatoms. The molecular weight excluding hydrogens is 572 g/mol. The molecule has 1 amide bonds. The van der Waals surface area contributed by atoms with Gasteiger partial charge in [0, 0.05) is 27.7 Å². The van der Waals surface area contributed by atoms with E-state index in [1.807, 2.05) is 13.8 Å². The highest BCUT2D eigenvalue weighted by Crippen LogP contribution is 2.72. The van der Waals surface area contributed by atoms with Crippen molar-refractivity contribution >= 4 is 28.2 Å². The quantitative estimate of drug-likeness (QED) is 0.362. The maximum absolute atomic E-state index is 17.4. The number of ketones is 1. The number of nitrogens with zero attached hydrogens (tertiary/aromatic N) is 1. The Morgan fingerprint density at radius 3 is 2.52 bits per heavy atom. The van der Waals surface area contributed by atoms with Crippen LogP contribution in [0.5, 0.6) is 0 Å². The zero-order valence-corrected chi connectivity index (χ0v) is 24.2. The fourth-order valence-electron chi connectivity index (χ4n) is 8.58. The molecule has 1 aromatic heterocycles. The molecule has 6 nitrogen and oxygen atoms in total. The van der Waals surface area contributed by atoms with Gasteiger partial charge in [-0.25, -0.2) is 9.37 Å². The van der Waals surface area contributed by atoms with Crippen LogP contribution in [0.1, 0.15) is 68.1 Å². The molecule has 224 valence electrons. The number of halogens is 4.